The number of benzene rings is 4. The number of hydrogen-bond donors (Lipinski definition) is 0. The monoisotopic (exact) mass is 624 g/mol. The zero-order valence-corrected chi connectivity index (χ0v) is 25.1. The van der Waals surface area contributed by atoms with E-state index in [1.54, 1.807) is 25.1 Å². The van der Waals surface area contributed by atoms with Crippen molar-refractivity contribution in [2.24, 2.45) is 4.99 Å². The maximum Gasteiger partial charge on any atom is 0.338 e. The van der Waals surface area contributed by atoms with E-state index in [-0.39, 0.29) is 17.7 Å². The van der Waals surface area contributed by atoms with E-state index in [9.17, 15) is 14.0 Å². The van der Waals surface area contributed by atoms with Crippen molar-refractivity contribution in [2.45, 2.75) is 19.6 Å². The number of aromatic nitrogens is 1. The quantitative estimate of drug-likeness (QED) is 0.190. The van der Waals surface area contributed by atoms with Crippen LogP contribution in [0.3, 0.4) is 0 Å². The highest BCUT2D eigenvalue weighted by atomic mass is 35.5. The van der Waals surface area contributed by atoms with Crippen molar-refractivity contribution in [1.29, 1.82) is 0 Å². The summed E-state index contributed by atoms with van der Waals surface area (Å²) in [6.07, 6.45) is 1.78. The molecule has 0 N–H and O–H groups in total. The summed E-state index contributed by atoms with van der Waals surface area (Å²) in [5.74, 6) is -0.332. The third-order valence-electron chi connectivity index (χ3n) is 7.06. The molecular weight excluding hydrogens is 599 g/mol. The van der Waals surface area contributed by atoms with Crippen LogP contribution in [0, 0.1) is 5.82 Å². The number of ether oxygens (including phenoxy) is 2. The molecule has 5 aromatic rings. The summed E-state index contributed by atoms with van der Waals surface area (Å²) in [5, 5.41) is 0.667. The van der Waals surface area contributed by atoms with Gasteiger partial charge in [-0.1, -0.05) is 89.7 Å². The molecule has 0 saturated carbocycles. The molecule has 6 rings (SSSR count). The molecule has 0 spiro atoms. The number of esters is 1. The van der Waals surface area contributed by atoms with E-state index in [2.05, 4.69) is 0 Å². The van der Waals surface area contributed by atoms with Crippen LogP contribution in [-0.2, 0) is 16.1 Å². The van der Waals surface area contributed by atoms with Crippen molar-refractivity contribution in [2.75, 3.05) is 6.61 Å². The fourth-order valence-electron chi connectivity index (χ4n) is 4.96. The lowest BCUT2D eigenvalue weighted by Crippen LogP contribution is -2.40. The van der Waals surface area contributed by atoms with E-state index in [1.807, 2.05) is 78.9 Å². The van der Waals surface area contributed by atoms with Crippen LogP contribution in [0.1, 0.15) is 35.2 Å². The highest BCUT2D eigenvalue weighted by Gasteiger charge is 2.35. The molecule has 0 radical (unpaired) electrons. The lowest BCUT2D eigenvalue weighted by molar-refractivity contribution is -0.138. The Labute approximate surface area is 261 Å². The average Bonchev–Trinajstić information content (AvgIpc) is 3.35. The highest BCUT2D eigenvalue weighted by Crippen LogP contribution is 2.35. The second-order valence-corrected chi connectivity index (χ2v) is 11.4. The molecule has 1 aromatic heterocycles. The van der Waals surface area contributed by atoms with E-state index < -0.39 is 17.8 Å². The Morgan fingerprint density at radius 2 is 1.68 bits per heavy atom. The Morgan fingerprint density at radius 3 is 2.36 bits per heavy atom. The maximum atomic E-state index is 14.0. The predicted octanol–water partition coefficient (Wildman–Crippen LogP) is 6.31. The fraction of sp³-hybridized carbons (Fsp3) is 0.114. The molecule has 44 heavy (non-hydrogen) atoms. The van der Waals surface area contributed by atoms with Crippen LogP contribution in [-0.4, -0.2) is 17.1 Å². The third kappa shape index (κ3) is 6.13. The standard InChI is InChI=1S/C35H26ClFN2O4S/c1-2-42-34(41)30-31(24-6-4-3-5-7-24)38-35-39(32(30)25-12-16-27(37)17-13-25)33(40)29(44-35)20-22-10-18-28(19-11-22)43-21-23-8-14-26(36)15-9-23/h3-20,32H,2,21H2,1H3/b29-20-/t32-/m1/s1. The van der Waals surface area contributed by atoms with E-state index in [0.29, 0.717) is 43.5 Å². The summed E-state index contributed by atoms with van der Waals surface area (Å²) in [4.78, 5) is 32.7. The van der Waals surface area contributed by atoms with Crippen LogP contribution in [0.15, 0.2) is 118 Å². The second kappa shape index (κ2) is 12.8. The van der Waals surface area contributed by atoms with Crippen LogP contribution in [0.25, 0.3) is 11.8 Å². The Bertz CT molecular complexity index is 2020. The number of nitrogens with zero attached hydrogens (tertiary/aromatic N) is 2. The number of hydrogen-bond acceptors (Lipinski definition) is 6. The van der Waals surface area contributed by atoms with Gasteiger partial charge in [-0.05, 0) is 66.1 Å². The SMILES string of the molecule is CCOC(=O)C1=C(c2ccccc2)N=c2s/c(=C\c3ccc(OCc4ccc(Cl)cc4)cc3)c(=O)n2[C@@H]1c1ccc(F)cc1. The molecule has 0 bridgehead atoms. The predicted molar refractivity (Wildman–Crippen MR) is 170 cm³/mol. The van der Waals surface area contributed by atoms with Gasteiger partial charge < -0.3 is 9.47 Å². The molecule has 1 aliphatic heterocycles. The van der Waals surface area contributed by atoms with E-state index in [4.69, 9.17) is 26.1 Å². The first-order valence-corrected chi connectivity index (χ1v) is 15.1. The fourth-order valence-corrected chi connectivity index (χ4v) is 6.09. The Kier molecular flexibility index (Phi) is 8.54. The van der Waals surface area contributed by atoms with E-state index in [1.165, 1.54) is 28.0 Å². The first-order chi connectivity index (χ1) is 21.4. The average molecular weight is 625 g/mol. The van der Waals surface area contributed by atoms with Gasteiger partial charge >= 0.3 is 5.97 Å². The van der Waals surface area contributed by atoms with Crippen LogP contribution in [0.5, 0.6) is 5.75 Å². The number of carbonyl (C=O) groups is 1. The van der Waals surface area contributed by atoms with Gasteiger partial charge in [-0.25, -0.2) is 14.2 Å². The molecule has 0 fully saturated rings. The molecule has 2 heterocycles. The first kappa shape index (κ1) is 29.3. The maximum absolute atomic E-state index is 14.0. The molecule has 9 heteroatoms. The molecule has 1 aliphatic rings. The number of fused-ring (bicyclic) bond motifs is 1. The van der Waals surface area contributed by atoms with Gasteiger partial charge in [0.1, 0.15) is 18.2 Å². The number of carbonyl (C=O) groups excluding carboxylic acids is 1. The lowest BCUT2D eigenvalue weighted by atomic mass is 9.93. The van der Waals surface area contributed by atoms with Gasteiger partial charge in [-0.2, -0.15) is 0 Å². The molecule has 0 saturated heterocycles. The van der Waals surface area contributed by atoms with Gasteiger partial charge in [0.05, 0.1) is 28.5 Å². The molecule has 4 aromatic carbocycles. The summed E-state index contributed by atoms with van der Waals surface area (Å²) in [6.45, 7) is 2.26. The molecule has 1 atom stereocenters. The van der Waals surface area contributed by atoms with Crippen molar-refractivity contribution in [3.63, 3.8) is 0 Å². The van der Waals surface area contributed by atoms with Crippen molar-refractivity contribution < 1.29 is 18.7 Å². The first-order valence-electron chi connectivity index (χ1n) is 13.9. The van der Waals surface area contributed by atoms with E-state index in [0.717, 1.165) is 11.1 Å². The molecular formula is C35H26ClFN2O4S. The van der Waals surface area contributed by atoms with Crippen LogP contribution < -0.4 is 19.6 Å². The topological polar surface area (TPSA) is 69.9 Å². The summed E-state index contributed by atoms with van der Waals surface area (Å²) in [5.41, 5.74) is 3.36. The zero-order chi connectivity index (χ0) is 30.6. The smallest absolute Gasteiger partial charge is 0.338 e. The molecule has 0 unspecified atom stereocenters. The largest absolute Gasteiger partial charge is 0.489 e. The molecule has 0 aliphatic carbocycles. The highest BCUT2D eigenvalue weighted by molar-refractivity contribution is 7.07. The van der Waals surface area contributed by atoms with Gasteiger partial charge in [0, 0.05) is 10.6 Å². The number of halogens is 2. The normalized spacial score (nSPS) is 14.6. The third-order valence-corrected chi connectivity index (χ3v) is 8.29. The minimum absolute atomic E-state index is 0.143. The van der Waals surface area contributed by atoms with Gasteiger partial charge in [0.2, 0.25) is 0 Å². The van der Waals surface area contributed by atoms with Crippen LogP contribution >= 0.6 is 22.9 Å². The minimum Gasteiger partial charge on any atom is -0.489 e. The summed E-state index contributed by atoms with van der Waals surface area (Å²) in [6, 6.07) is 29.1. The second-order valence-electron chi connectivity index (χ2n) is 9.97. The van der Waals surface area contributed by atoms with Crippen molar-refractivity contribution >= 4 is 40.7 Å². The molecule has 6 nitrogen and oxygen atoms in total. The van der Waals surface area contributed by atoms with Gasteiger partial charge in [0.15, 0.2) is 4.80 Å². The number of rotatable bonds is 8. The summed E-state index contributed by atoms with van der Waals surface area (Å²) < 4.78 is 27.2. The minimum atomic E-state index is -0.869. The lowest BCUT2D eigenvalue weighted by Gasteiger charge is -2.25. The molecule has 0 amide bonds. The summed E-state index contributed by atoms with van der Waals surface area (Å²) in [7, 11) is 0. The van der Waals surface area contributed by atoms with Gasteiger partial charge in [-0.3, -0.25) is 9.36 Å². The Balaban J connectivity index is 1.42. The van der Waals surface area contributed by atoms with Crippen molar-refractivity contribution in [3.8, 4) is 5.75 Å². The Hall–Kier alpha value is -4.79. The molecule has 220 valence electrons. The zero-order valence-electron chi connectivity index (χ0n) is 23.6. The summed E-state index contributed by atoms with van der Waals surface area (Å²) >= 11 is 7.18. The van der Waals surface area contributed by atoms with Crippen LogP contribution in [0.4, 0.5) is 4.39 Å². The van der Waals surface area contributed by atoms with Crippen molar-refractivity contribution in [1.82, 2.24) is 4.57 Å². The van der Waals surface area contributed by atoms with E-state index >= 15 is 0 Å². The number of thiazole rings is 1. The Morgan fingerprint density at radius 1 is 0.977 bits per heavy atom. The van der Waals surface area contributed by atoms with Crippen molar-refractivity contribution in [3.05, 3.63) is 161 Å². The van der Waals surface area contributed by atoms with Gasteiger partial charge in [-0.15, -0.1) is 0 Å². The van der Waals surface area contributed by atoms with Crippen LogP contribution in [0.2, 0.25) is 5.02 Å². The van der Waals surface area contributed by atoms with Gasteiger partial charge in [0.25, 0.3) is 5.56 Å².